The molecule has 1 aliphatic rings. The van der Waals surface area contributed by atoms with Crippen LogP contribution in [0, 0.1) is 0 Å². The molecule has 2 aromatic rings. The van der Waals surface area contributed by atoms with Crippen LogP contribution in [0.25, 0.3) is 0 Å². The number of nitrogen functional groups attached to an aromatic ring is 1. The summed E-state index contributed by atoms with van der Waals surface area (Å²) in [5.74, 6) is 2.24. The predicted octanol–water partition coefficient (Wildman–Crippen LogP) is 3.08. The number of nitrogens with zero attached hydrogens (tertiary/aromatic N) is 3. The molecule has 0 aliphatic carbocycles. The van der Waals surface area contributed by atoms with E-state index >= 15 is 0 Å². The van der Waals surface area contributed by atoms with E-state index in [1.165, 1.54) is 0 Å². The molecule has 3 rings (SSSR count). The predicted molar refractivity (Wildman–Crippen MR) is 78.2 cm³/mol. The van der Waals surface area contributed by atoms with Crippen molar-refractivity contribution in [2.24, 2.45) is 0 Å². The van der Waals surface area contributed by atoms with Crippen LogP contribution in [-0.2, 0) is 19.6 Å². The first-order chi connectivity index (χ1) is 9.65. The molecule has 1 aromatic heterocycles. The van der Waals surface area contributed by atoms with Crippen molar-refractivity contribution in [1.29, 1.82) is 0 Å². The molecule has 106 valence electrons. The number of hydrogen-bond donors (Lipinski definition) is 1. The molecule has 0 radical (unpaired) electrons. The van der Waals surface area contributed by atoms with E-state index < -0.39 is 0 Å². The third-order valence-electron chi connectivity index (χ3n) is 3.30. The Balaban J connectivity index is 1.79. The number of aromatic nitrogens is 3. The van der Waals surface area contributed by atoms with E-state index in [9.17, 15) is 0 Å². The highest BCUT2D eigenvalue weighted by Gasteiger charge is 2.17. The van der Waals surface area contributed by atoms with Gasteiger partial charge in [0.1, 0.15) is 12.4 Å². The molecule has 0 spiro atoms. The van der Waals surface area contributed by atoms with Crippen LogP contribution in [0.15, 0.2) is 12.1 Å². The molecule has 5 nitrogen and oxygen atoms in total. The highest BCUT2D eigenvalue weighted by molar-refractivity contribution is 6.37. The summed E-state index contributed by atoms with van der Waals surface area (Å²) in [6.45, 7) is 1.22. The molecular weight excluding hydrogens is 299 g/mol. The lowest BCUT2D eigenvalue weighted by atomic mass is 10.2. The van der Waals surface area contributed by atoms with E-state index in [1.54, 1.807) is 12.1 Å². The minimum atomic E-state index is 0.288. The van der Waals surface area contributed by atoms with E-state index in [4.69, 9.17) is 33.7 Å². The Bertz CT molecular complexity index is 618. The van der Waals surface area contributed by atoms with E-state index in [1.807, 2.05) is 0 Å². The van der Waals surface area contributed by atoms with Gasteiger partial charge in [-0.25, -0.2) is 0 Å². The Labute approximate surface area is 126 Å². The van der Waals surface area contributed by atoms with Gasteiger partial charge < -0.3 is 15.0 Å². The van der Waals surface area contributed by atoms with Gasteiger partial charge >= 0.3 is 0 Å². The zero-order chi connectivity index (χ0) is 14.1. The van der Waals surface area contributed by atoms with Gasteiger partial charge in [-0.2, -0.15) is 0 Å². The maximum Gasteiger partial charge on any atom is 0.171 e. The van der Waals surface area contributed by atoms with Crippen molar-refractivity contribution in [3.05, 3.63) is 33.8 Å². The van der Waals surface area contributed by atoms with E-state index in [2.05, 4.69) is 14.8 Å². The van der Waals surface area contributed by atoms with Crippen molar-refractivity contribution in [2.75, 3.05) is 5.73 Å². The minimum absolute atomic E-state index is 0.288. The van der Waals surface area contributed by atoms with Crippen LogP contribution in [0.3, 0.4) is 0 Å². The van der Waals surface area contributed by atoms with Gasteiger partial charge in [-0.05, 0) is 25.0 Å². The summed E-state index contributed by atoms with van der Waals surface area (Å²) < 4.78 is 7.79. The Morgan fingerprint density at radius 3 is 2.70 bits per heavy atom. The second-order valence-corrected chi connectivity index (χ2v) is 5.56. The van der Waals surface area contributed by atoms with Crippen molar-refractivity contribution >= 4 is 28.9 Å². The molecule has 0 amide bonds. The lowest BCUT2D eigenvalue weighted by molar-refractivity contribution is 0.286. The van der Waals surface area contributed by atoms with Crippen LogP contribution in [0.5, 0.6) is 5.75 Å². The Morgan fingerprint density at radius 2 is 1.95 bits per heavy atom. The number of fused-ring (bicyclic) bond motifs is 1. The van der Waals surface area contributed by atoms with Crippen LogP contribution in [0.2, 0.25) is 10.0 Å². The molecular formula is C13H14Cl2N4O. The molecule has 0 saturated heterocycles. The summed E-state index contributed by atoms with van der Waals surface area (Å²) in [5, 5.41) is 9.14. The third-order valence-corrected chi connectivity index (χ3v) is 3.86. The highest BCUT2D eigenvalue weighted by atomic mass is 35.5. The van der Waals surface area contributed by atoms with Crippen molar-refractivity contribution in [3.8, 4) is 5.75 Å². The number of ether oxygens (including phenoxy) is 1. The summed E-state index contributed by atoms with van der Waals surface area (Å²) in [6, 6.07) is 3.23. The van der Waals surface area contributed by atoms with Gasteiger partial charge in [-0.1, -0.05) is 23.2 Å². The zero-order valence-corrected chi connectivity index (χ0v) is 12.3. The van der Waals surface area contributed by atoms with Crippen molar-refractivity contribution in [3.63, 3.8) is 0 Å². The van der Waals surface area contributed by atoms with Crippen molar-refractivity contribution in [2.45, 2.75) is 32.4 Å². The summed E-state index contributed by atoms with van der Waals surface area (Å²) >= 11 is 12.2. The molecule has 0 bridgehead atoms. The molecule has 1 aromatic carbocycles. The number of hydrogen-bond acceptors (Lipinski definition) is 4. The van der Waals surface area contributed by atoms with Crippen LogP contribution in [0.1, 0.15) is 24.5 Å². The minimum Gasteiger partial charge on any atom is -0.482 e. The molecule has 0 saturated carbocycles. The number of rotatable bonds is 3. The van der Waals surface area contributed by atoms with Gasteiger partial charge in [-0.15, -0.1) is 10.2 Å². The van der Waals surface area contributed by atoms with Crippen molar-refractivity contribution < 1.29 is 4.74 Å². The number of halogens is 2. The van der Waals surface area contributed by atoms with Crippen LogP contribution in [-0.4, -0.2) is 14.8 Å². The van der Waals surface area contributed by atoms with Gasteiger partial charge in [0, 0.05) is 18.7 Å². The Morgan fingerprint density at radius 1 is 1.20 bits per heavy atom. The largest absolute Gasteiger partial charge is 0.482 e. The maximum atomic E-state index is 6.09. The van der Waals surface area contributed by atoms with Gasteiger partial charge in [0.15, 0.2) is 11.6 Å². The lowest BCUT2D eigenvalue weighted by Gasteiger charge is -2.15. The smallest absolute Gasteiger partial charge is 0.171 e. The number of benzene rings is 1. The fraction of sp³-hybridized carbons (Fsp3) is 0.385. The summed E-state index contributed by atoms with van der Waals surface area (Å²) in [7, 11) is 0. The molecule has 2 N–H and O–H groups in total. The second kappa shape index (κ2) is 5.50. The maximum absolute atomic E-state index is 6.09. The lowest BCUT2D eigenvalue weighted by Crippen LogP contribution is -2.14. The molecule has 0 fully saturated rings. The van der Waals surface area contributed by atoms with Crippen LogP contribution < -0.4 is 10.5 Å². The summed E-state index contributed by atoms with van der Waals surface area (Å²) in [4.78, 5) is 0. The normalized spacial score (nSPS) is 14.1. The first kappa shape index (κ1) is 13.5. The Hall–Kier alpha value is -1.46. The topological polar surface area (TPSA) is 66.0 Å². The molecule has 20 heavy (non-hydrogen) atoms. The van der Waals surface area contributed by atoms with Gasteiger partial charge in [0.25, 0.3) is 0 Å². The van der Waals surface area contributed by atoms with E-state index in [0.29, 0.717) is 21.5 Å². The molecule has 7 heteroatoms. The zero-order valence-electron chi connectivity index (χ0n) is 10.8. The third kappa shape index (κ3) is 2.55. The fourth-order valence-corrected chi connectivity index (χ4v) is 2.94. The Kier molecular flexibility index (Phi) is 3.72. The number of nitrogens with two attached hydrogens (primary N) is 1. The molecule has 0 unspecified atom stereocenters. The molecule has 0 atom stereocenters. The SMILES string of the molecule is Nc1cc(Cl)c(OCc2nnc3n2CCCC3)c(Cl)c1. The first-order valence-corrected chi connectivity index (χ1v) is 7.19. The fourth-order valence-electron chi connectivity index (χ4n) is 2.33. The standard InChI is InChI=1S/C13H14Cl2N4O/c14-9-5-8(16)6-10(15)13(9)20-7-12-18-17-11-3-1-2-4-19(11)12/h5-6H,1-4,7,16H2. The summed E-state index contributed by atoms with van der Waals surface area (Å²) in [5.41, 5.74) is 6.17. The average Bonchev–Trinajstić information content (AvgIpc) is 2.81. The monoisotopic (exact) mass is 312 g/mol. The van der Waals surface area contributed by atoms with Crippen LogP contribution in [0.4, 0.5) is 5.69 Å². The molecule has 1 aliphatic heterocycles. The number of aryl methyl sites for hydroxylation is 1. The van der Waals surface area contributed by atoms with Crippen molar-refractivity contribution in [1.82, 2.24) is 14.8 Å². The van der Waals surface area contributed by atoms with Gasteiger partial charge in [0.2, 0.25) is 0 Å². The molecule has 2 heterocycles. The van der Waals surface area contributed by atoms with Gasteiger partial charge in [0.05, 0.1) is 10.0 Å². The van der Waals surface area contributed by atoms with E-state index in [-0.39, 0.29) is 6.61 Å². The highest BCUT2D eigenvalue weighted by Crippen LogP contribution is 2.35. The average molecular weight is 313 g/mol. The summed E-state index contributed by atoms with van der Waals surface area (Å²) in [6.07, 6.45) is 3.27. The second-order valence-electron chi connectivity index (χ2n) is 4.74. The van der Waals surface area contributed by atoms with Crippen LogP contribution >= 0.6 is 23.2 Å². The number of anilines is 1. The van der Waals surface area contributed by atoms with E-state index in [0.717, 1.165) is 37.5 Å². The first-order valence-electron chi connectivity index (χ1n) is 6.43. The van der Waals surface area contributed by atoms with Gasteiger partial charge in [-0.3, -0.25) is 0 Å². The quantitative estimate of drug-likeness (QED) is 0.884.